The molecule has 0 bridgehead atoms. The Kier molecular flexibility index (Phi) is 2.83. The first-order valence-corrected chi connectivity index (χ1v) is 5.92. The molecule has 0 radical (unpaired) electrons. The van der Waals surface area contributed by atoms with Crippen molar-refractivity contribution in [1.82, 2.24) is 4.98 Å². The SMILES string of the molecule is Fc1cnc2c(Br)ccc(CBr)c2c1. The molecule has 0 saturated heterocycles. The Morgan fingerprint density at radius 2 is 2.14 bits per heavy atom. The third-order valence-electron chi connectivity index (χ3n) is 2.00. The number of hydrogen-bond donors (Lipinski definition) is 0. The highest BCUT2D eigenvalue weighted by atomic mass is 79.9. The van der Waals surface area contributed by atoms with Crippen molar-refractivity contribution in [3.8, 4) is 0 Å². The van der Waals surface area contributed by atoms with Crippen LogP contribution >= 0.6 is 31.9 Å². The molecule has 1 aromatic carbocycles. The van der Waals surface area contributed by atoms with E-state index in [1.165, 1.54) is 12.3 Å². The zero-order valence-corrected chi connectivity index (χ0v) is 10.3. The molecular weight excluding hydrogens is 313 g/mol. The number of halogens is 3. The second kappa shape index (κ2) is 3.95. The van der Waals surface area contributed by atoms with Crippen LogP contribution in [0, 0.1) is 5.82 Å². The Morgan fingerprint density at radius 1 is 1.36 bits per heavy atom. The van der Waals surface area contributed by atoms with E-state index < -0.39 is 0 Å². The monoisotopic (exact) mass is 317 g/mol. The normalized spacial score (nSPS) is 10.8. The summed E-state index contributed by atoms with van der Waals surface area (Å²) in [5.74, 6) is -0.308. The van der Waals surface area contributed by atoms with Crippen molar-refractivity contribution in [3.63, 3.8) is 0 Å². The number of fused-ring (bicyclic) bond motifs is 1. The van der Waals surface area contributed by atoms with E-state index in [1.807, 2.05) is 12.1 Å². The average Bonchev–Trinajstić information content (AvgIpc) is 2.18. The van der Waals surface area contributed by atoms with Crippen molar-refractivity contribution in [3.05, 3.63) is 40.2 Å². The van der Waals surface area contributed by atoms with Crippen LogP contribution in [0.4, 0.5) is 4.39 Å². The highest BCUT2D eigenvalue weighted by Gasteiger charge is 2.05. The minimum Gasteiger partial charge on any atom is -0.252 e. The maximum Gasteiger partial charge on any atom is 0.142 e. The van der Waals surface area contributed by atoms with Crippen LogP contribution in [0.15, 0.2) is 28.9 Å². The van der Waals surface area contributed by atoms with E-state index in [4.69, 9.17) is 0 Å². The molecule has 4 heteroatoms. The second-order valence-corrected chi connectivity index (χ2v) is 4.30. The number of alkyl halides is 1. The van der Waals surface area contributed by atoms with Crippen LogP contribution in [0.1, 0.15) is 5.56 Å². The molecule has 1 aromatic heterocycles. The Labute approximate surface area is 97.6 Å². The summed E-state index contributed by atoms with van der Waals surface area (Å²) >= 11 is 6.75. The fourth-order valence-electron chi connectivity index (χ4n) is 1.33. The quantitative estimate of drug-likeness (QED) is 0.723. The predicted octanol–water partition coefficient (Wildman–Crippen LogP) is 4.03. The molecule has 0 atom stereocenters. The topological polar surface area (TPSA) is 12.9 Å². The third kappa shape index (κ3) is 1.68. The summed E-state index contributed by atoms with van der Waals surface area (Å²) in [6.07, 6.45) is 1.23. The van der Waals surface area contributed by atoms with Crippen molar-refractivity contribution >= 4 is 42.8 Å². The van der Waals surface area contributed by atoms with Gasteiger partial charge < -0.3 is 0 Å². The zero-order valence-electron chi connectivity index (χ0n) is 7.10. The fourth-order valence-corrected chi connectivity index (χ4v) is 2.27. The highest BCUT2D eigenvalue weighted by molar-refractivity contribution is 9.10. The van der Waals surface area contributed by atoms with Crippen LogP contribution in [0.2, 0.25) is 0 Å². The van der Waals surface area contributed by atoms with Gasteiger partial charge >= 0.3 is 0 Å². The smallest absolute Gasteiger partial charge is 0.142 e. The van der Waals surface area contributed by atoms with Gasteiger partial charge in [0, 0.05) is 15.2 Å². The molecule has 14 heavy (non-hydrogen) atoms. The summed E-state index contributed by atoms with van der Waals surface area (Å²) < 4.78 is 13.9. The van der Waals surface area contributed by atoms with Crippen molar-refractivity contribution in [2.75, 3.05) is 0 Å². The Balaban J connectivity index is 2.85. The average molecular weight is 319 g/mol. The molecule has 1 nitrogen and oxygen atoms in total. The van der Waals surface area contributed by atoms with E-state index in [0.717, 1.165) is 20.9 Å². The summed E-state index contributed by atoms with van der Waals surface area (Å²) in [5.41, 5.74) is 1.83. The van der Waals surface area contributed by atoms with Crippen LogP contribution in [0.5, 0.6) is 0 Å². The maximum absolute atomic E-state index is 13.0. The first-order valence-electron chi connectivity index (χ1n) is 4.01. The molecule has 0 spiro atoms. The van der Waals surface area contributed by atoms with Gasteiger partial charge in [-0.3, -0.25) is 4.98 Å². The molecule has 0 aliphatic rings. The predicted molar refractivity (Wildman–Crippen MR) is 62.0 cm³/mol. The minimum atomic E-state index is -0.308. The van der Waals surface area contributed by atoms with Crippen molar-refractivity contribution in [2.45, 2.75) is 5.33 Å². The van der Waals surface area contributed by atoms with E-state index in [0.29, 0.717) is 5.33 Å². The zero-order chi connectivity index (χ0) is 10.1. The summed E-state index contributed by atoms with van der Waals surface area (Å²) in [6.45, 7) is 0. The molecule has 1 heterocycles. The van der Waals surface area contributed by atoms with E-state index in [9.17, 15) is 4.39 Å². The molecule has 72 valence electrons. The van der Waals surface area contributed by atoms with Crippen molar-refractivity contribution in [2.24, 2.45) is 0 Å². The van der Waals surface area contributed by atoms with Crippen LogP contribution in [0.3, 0.4) is 0 Å². The van der Waals surface area contributed by atoms with Crippen LogP contribution < -0.4 is 0 Å². The van der Waals surface area contributed by atoms with Gasteiger partial charge in [-0.05, 0) is 33.6 Å². The number of pyridine rings is 1. The first kappa shape index (κ1) is 10.1. The number of benzene rings is 1. The molecular formula is C10H6Br2FN. The number of hydrogen-bond acceptors (Lipinski definition) is 1. The van der Waals surface area contributed by atoms with Gasteiger partial charge in [0.25, 0.3) is 0 Å². The van der Waals surface area contributed by atoms with Crippen LogP contribution in [0.25, 0.3) is 10.9 Å². The number of aromatic nitrogens is 1. The lowest BCUT2D eigenvalue weighted by atomic mass is 10.1. The van der Waals surface area contributed by atoms with Gasteiger partial charge in [-0.15, -0.1) is 0 Å². The number of nitrogens with zero attached hydrogens (tertiary/aromatic N) is 1. The molecule has 0 fully saturated rings. The second-order valence-electron chi connectivity index (χ2n) is 2.89. The first-order chi connectivity index (χ1) is 6.72. The summed E-state index contributed by atoms with van der Waals surface area (Å²) in [6, 6.07) is 5.37. The molecule has 0 N–H and O–H groups in total. The van der Waals surface area contributed by atoms with Gasteiger partial charge in [0.1, 0.15) is 5.82 Å². The summed E-state index contributed by atoms with van der Waals surface area (Å²) in [4.78, 5) is 4.05. The van der Waals surface area contributed by atoms with Gasteiger partial charge in [-0.25, -0.2) is 4.39 Å². The highest BCUT2D eigenvalue weighted by Crippen LogP contribution is 2.26. The lowest BCUT2D eigenvalue weighted by Gasteiger charge is -2.04. The van der Waals surface area contributed by atoms with Gasteiger partial charge in [-0.2, -0.15) is 0 Å². The lowest BCUT2D eigenvalue weighted by Crippen LogP contribution is -1.88. The third-order valence-corrected chi connectivity index (χ3v) is 3.25. The summed E-state index contributed by atoms with van der Waals surface area (Å²) in [7, 11) is 0. The Morgan fingerprint density at radius 3 is 2.86 bits per heavy atom. The van der Waals surface area contributed by atoms with Gasteiger partial charge in [0.15, 0.2) is 0 Å². The fraction of sp³-hybridized carbons (Fsp3) is 0.100. The minimum absolute atomic E-state index is 0.308. The van der Waals surface area contributed by atoms with Crippen molar-refractivity contribution < 1.29 is 4.39 Å². The molecule has 0 aliphatic heterocycles. The van der Waals surface area contributed by atoms with E-state index >= 15 is 0 Å². The Hall–Kier alpha value is -0.480. The van der Waals surface area contributed by atoms with Crippen molar-refractivity contribution in [1.29, 1.82) is 0 Å². The molecule has 2 rings (SSSR count). The van der Waals surface area contributed by atoms with E-state index in [2.05, 4.69) is 36.8 Å². The maximum atomic E-state index is 13.0. The van der Waals surface area contributed by atoms with Crippen LogP contribution in [-0.4, -0.2) is 4.98 Å². The van der Waals surface area contributed by atoms with Gasteiger partial charge in [-0.1, -0.05) is 22.0 Å². The van der Waals surface area contributed by atoms with E-state index in [1.54, 1.807) is 0 Å². The number of rotatable bonds is 1. The molecule has 2 aromatic rings. The van der Waals surface area contributed by atoms with Crippen LogP contribution in [-0.2, 0) is 5.33 Å². The Bertz CT molecular complexity index is 485. The lowest BCUT2D eigenvalue weighted by molar-refractivity contribution is 0.624. The molecule has 0 unspecified atom stereocenters. The summed E-state index contributed by atoms with van der Waals surface area (Å²) in [5, 5.41) is 1.54. The van der Waals surface area contributed by atoms with Gasteiger partial charge in [0.05, 0.1) is 11.7 Å². The largest absolute Gasteiger partial charge is 0.252 e. The molecule has 0 amide bonds. The standard InChI is InChI=1S/C10H6Br2FN/c11-4-6-1-2-9(12)10-8(6)3-7(13)5-14-10/h1-3,5H,4H2. The van der Waals surface area contributed by atoms with E-state index in [-0.39, 0.29) is 5.82 Å². The molecule has 0 saturated carbocycles. The van der Waals surface area contributed by atoms with Gasteiger partial charge in [0.2, 0.25) is 0 Å². The molecule has 0 aliphatic carbocycles.